The summed E-state index contributed by atoms with van der Waals surface area (Å²) in [6.45, 7) is 1.88. The predicted molar refractivity (Wildman–Crippen MR) is 113 cm³/mol. The van der Waals surface area contributed by atoms with Crippen LogP contribution in [0, 0.1) is 0 Å². The topological polar surface area (TPSA) is 110 Å². The summed E-state index contributed by atoms with van der Waals surface area (Å²) in [5.74, 6) is 0.323. The van der Waals surface area contributed by atoms with Crippen LogP contribution in [0.4, 0.5) is 5.13 Å². The average molecular weight is 463 g/mol. The van der Waals surface area contributed by atoms with Crippen LogP contribution in [0.25, 0.3) is 0 Å². The van der Waals surface area contributed by atoms with E-state index in [-0.39, 0.29) is 11.9 Å². The van der Waals surface area contributed by atoms with Crippen LogP contribution < -0.4 is 10.0 Å². The lowest BCUT2D eigenvalue weighted by molar-refractivity contribution is 0.102. The minimum absolute atomic E-state index is 0.0291. The fourth-order valence-electron chi connectivity index (χ4n) is 2.57. The average Bonchev–Trinajstić information content (AvgIpc) is 3.38. The largest absolute Gasteiger partial charge is 0.376 e. The van der Waals surface area contributed by atoms with Crippen LogP contribution in [0.2, 0.25) is 0 Å². The van der Waals surface area contributed by atoms with Crippen molar-refractivity contribution < 1.29 is 17.9 Å². The van der Waals surface area contributed by atoms with E-state index in [1.54, 1.807) is 6.07 Å². The van der Waals surface area contributed by atoms with Crippen LogP contribution in [-0.2, 0) is 21.2 Å². The van der Waals surface area contributed by atoms with Crippen molar-refractivity contribution in [3.05, 3.63) is 21.9 Å². The van der Waals surface area contributed by atoms with Gasteiger partial charge in [-0.1, -0.05) is 23.1 Å². The van der Waals surface area contributed by atoms with E-state index in [1.807, 2.05) is 6.07 Å². The smallest absolute Gasteiger partial charge is 0.208 e. The second kappa shape index (κ2) is 10.1. The number of rotatable bonds is 11. The number of carbonyl (C=O) groups excluding carboxylic acids is 1. The van der Waals surface area contributed by atoms with Crippen LogP contribution in [0.1, 0.15) is 27.4 Å². The van der Waals surface area contributed by atoms with E-state index < -0.39 is 10.0 Å². The van der Waals surface area contributed by atoms with Crippen LogP contribution in [-0.4, -0.2) is 62.2 Å². The maximum absolute atomic E-state index is 12.4. The molecule has 3 heterocycles. The molecular weight excluding hydrogens is 440 g/mol. The van der Waals surface area contributed by atoms with Crippen molar-refractivity contribution in [2.45, 2.75) is 29.7 Å². The summed E-state index contributed by atoms with van der Waals surface area (Å²) < 4.78 is 30.9. The monoisotopic (exact) mass is 462 g/mol. The molecule has 1 aliphatic rings. The maximum Gasteiger partial charge on any atom is 0.208 e. The number of nitrogens with one attached hydrogen (secondary N) is 2. The molecule has 2 aromatic rings. The molecule has 0 radical (unpaired) electrons. The first-order chi connectivity index (χ1) is 13.4. The highest BCUT2D eigenvalue weighted by molar-refractivity contribution is 8.01. The van der Waals surface area contributed by atoms with Gasteiger partial charge < -0.3 is 10.1 Å². The molecule has 1 aliphatic heterocycles. The summed E-state index contributed by atoms with van der Waals surface area (Å²) in [7, 11) is -3.19. The zero-order chi connectivity index (χ0) is 20.0. The van der Waals surface area contributed by atoms with Gasteiger partial charge in [0.1, 0.15) is 0 Å². The number of anilines is 1. The van der Waals surface area contributed by atoms with Crippen molar-refractivity contribution in [2.75, 3.05) is 37.0 Å². The molecule has 1 unspecified atom stereocenters. The van der Waals surface area contributed by atoms with Gasteiger partial charge in [-0.3, -0.25) is 4.79 Å². The Kier molecular flexibility index (Phi) is 7.83. The minimum atomic E-state index is -3.19. The molecule has 0 saturated carbocycles. The summed E-state index contributed by atoms with van der Waals surface area (Å²) in [5.41, 5.74) is 0. The SMILES string of the molecule is CS(=O)(=O)NCCc1ccc(C(=O)CSc2nnc(NCC3CCCO3)s2)s1. The fraction of sp³-hybridized carbons (Fsp3) is 0.562. The molecule has 28 heavy (non-hydrogen) atoms. The Morgan fingerprint density at radius 2 is 2.21 bits per heavy atom. The van der Waals surface area contributed by atoms with Crippen molar-refractivity contribution in [1.82, 2.24) is 14.9 Å². The summed E-state index contributed by atoms with van der Waals surface area (Å²) in [6, 6.07) is 3.66. The Balaban J connectivity index is 1.41. The molecule has 0 bridgehead atoms. The van der Waals surface area contributed by atoms with Gasteiger partial charge in [0.15, 0.2) is 10.1 Å². The highest BCUT2D eigenvalue weighted by atomic mass is 32.2. The molecule has 8 nitrogen and oxygen atoms in total. The normalized spacial score (nSPS) is 17.1. The molecule has 0 aliphatic carbocycles. The maximum atomic E-state index is 12.4. The molecule has 1 atom stereocenters. The molecule has 1 saturated heterocycles. The van der Waals surface area contributed by atoms with Gasteiger partial charge in [0.2, 0.25) is 15.2 Å². The Labute approximate surface area is 176 Å². The van der Waals surface area contributed by atoms with E-state index in [4.69, 9.17) is 4.74 Å². The van der Waals surface area contributed by atoms with E-state index in [2.05, 4.69) is 20.2 Å². The van der Waals surface area contributed by atoms with Crippen LogP contribution in [0.15, 0.2) is 16.5 Å². The van der Waals surface area contributed by atoms with Gasteiger partial charge >= 0.3 is 0 Å². The van der Waals surface area contributed by atoms with E-state index in [9.17, 15) is 13.2 Å². The van der Waals surface area contributed by atoms with Crippen LogP contribution in [0.5, 0.6) is 0 Å². The highest BCUT2D eigenvalue weighted by Crippen LogP contribution is 2.27. The van der Waals surface area contributed by atoms with Crippen molar-refractivity contribution >= 4 is 55.4 Å². The number of thioether (sulfide) groups is 1. The van der Waals surface area contributed by atoms with E-state index >= 15 is 0 Å². The standard InChI is InChI=1S/C16H22N4O4S4/c1-28(22,23)18-7-6-12-4-5-14(26-12)13(21)10-25-16-20-19-15(27-16)17-9-11-3-2-8-24-11/h4-5,11,18H,2-3,6-10H2,1H3,(H,17,19). The van der Waals surface area contributed by atoms with E-state index in [0.717, 1.165) is 46.6 Å². The third kappa shape index (κ3) is 7.08. The van der Waals surface area contributed by atoms with Crippen molar-refractivity contribution in [3.8, 4) is 0 Å². The first kappa shape index (κ1) is 21.7. The van der Waals surface area contributed by atoms with E-state index in [0.29, 0.717) is 23.6 Å². The predicted octanol–water partition coefficient (Wildman–Crippen LogP) is 2.26. The Morgan fingerprint density at radius 1 is 1.36 bits per heavy atom. The first-order valence-corrected chi connectivity index (χ1v) is 13.3. The Bertz CT molecular complexity index is 890. The van der Waals surface area contributed by atoms with Crippen molar-refractivity contribution in [3.63, 3.8) is 0 Å². The van der Waals surface area contributed by atoms with E-state index in [1.165, 1.54) is 34.4 Å². The Hall–Kier alpha value is -1.05. The molecule has 1 fully saturated rings. The zero-order valence-electron chi connectivity index (χ0n) is 15.3. The lowest BCUT2D eigenvalue weighted by Crippen LogP contribution is -2.23. The molecule has 2 aromatic heterocycles. The Morgan fingerprint density at radius 3 is 2.96 bits per heavy atom. The molecule has 0 amide bonds. The lowest BCUT2D eigenvalue weighted by Gasteiger charge is -2.08. The second-order valence-corrected chi connectivity index (χ2v) is 11.5. The third-order valence-corrected chi connectivity index (χ3v) is 7.84. The summed E-state index contributed by atoms with van der Waals surface area (Å²) >= 11 is 4.20. The number of aromatic nitrogens is 2. The lowest BCUT2D eigenvalue weighted by atomic mass is 10.2. The fourth-order valence-corrected chi connectivity index (χ4v) is 5.72. The number of sulfonamides is 1. The van der Waals surface area contributed by atoms with Gasteiger partial charge in [-0.25, -0.2) is 13.1 Å². The number of ether oxygens (including phenoxy) is 1. The first-order valence-electron chi connectivity index (χ1n) is 8.77. The third-order valence-electron chi connectivity index (χ3n) is 3.91. The van der Waals surface area contributed by atoms with Crippen LogP contribution >= 0.6 is 34.4 Å². The molecule has 154 valence electrons. The van der Waals surface area contributed by atoms with Gasteiger partial charge in [-0.2, -0.15) is 0 Å². The quantitative estimate of drug-likeness (QED) is 0.386. The number of Topliss-reactive ketones (excluding diaryl/α,β-unsaturated/α-hetero) is 1. The highest BCUT2D eigenvalue weighted by Gasteiger charge is 2.16. The summed E-state index contributed by atoms with van der Waals surface area (Å²) in [5, 5.41) is 12.2. The number of carbonyl (C=O) groups is 1. The molecule has 12 heteroatoms. The summed E-state index contributed by atoms with van der Waals surface area (Å²) in [4.78, 5) is 14.0. The van der Waals surface area contributed by atoms with Gasteiger partial charge in [-0.15, -0.1) is 21.5 Å². The number of nitrogens with zero attached hydrogens (tertiary/aromatic N) is 2. The minimum Gasteiger partial charge on any atom is -0.376 e. The zero-order valence-corrected chi connectivity index (χ0v) is 18.6. The van der Waals surface area contributed by atoms with Gasteiger partial charge in [0.25, 0.3) is 0 Å². The summed E-state index contributed by atoms with van der Waals surface area (Å²) in [6.07, 6.45) is 4.10. The van der Waals surface area contributed by atoms with Crippen molar-refractivity contribution in [1.29, 1.82) is 0 Å². The molecule has 0 spiro atoms. The van der Waals surface area contributed by atoms with Gasteiger partial charge in [-0.05, 0) is 31.4 Å². The second-order valence-electron chi connectivity index (χ2n) is 6.28. The number of ketones is 1. The van der Waals surface area contributed by atoms with Gasteiger partial charge in [0.05, 0.1) is 23.0 Å². The number of hydrogen-bond acceptors (Lipinski definition) is 10. The molecule has 2 N–H and O–H groups in total. The molecular formula is C16H22N4O4S4. The van der Waals surface area contributed by atoms with Crippen LogP contribution in [0.3, 0.4) is 0 Å². The van der Waals surface area contributed by atoms with Crippen molar-refractivity contribution in [2.24, 2.45) is 0 Å². The molecule has 3 rings (SSSR count). The number of hydrogen-bond donors (Lipinski definition) is 2. The van der Waals surface area contributed by atoms with Gasteiger partial charge in [0, 0.05) is 24.6 Å². The number of thiophene rings is 1. The molecule has 0 aromatic carbocycles.